The van der Waals surface area contributed by atoms with Gasteiger partial charge in [0.25, 0.3) is 0 Å². The number of hydrogen-bond acceptors (Lipinski definition) is 2. The van der Waals surface area contributed by atoms with Crippen LogP contribution in [-0.4, -0.2) is 30.1 Å². The van der Waals surface area contributed by atoms with Gasteiger partial charge in [0, 0.05) is 18.6 Å². The summed E-state index contributed by atoms with van der Waals surface area (Å²) in [6, 6.07) is 0. The summed E-state index contributed by atoms with van der Waals surface area (Å²) in [6.07, 6.45) is 5.09. The SMILES string of the molecule is CCC(C)CC(CC)(CN)N1CCC(C(C)C)C1. The van der Waals surface area contributed by atoms with E-state index in [4.69, 9.17) is 5.73 Å². The van der Waals surface area contributed by atoms with Gasteiger partial charge in [-0.15, -0.1) is 0 Å². The van der Waals surface area contributed by atoms with Crippen molar-refractivity contribution in [2.75, 3.05) is 19.6 Å². The minimum Gasteiger partial charge on any atom is -0.329 e. The fourth-order valence-corrected chi connectivity index (χ4v) is 3.41. The van der Waals surface area contributed by atoms with Gasteiger partial charge in [0.1, 0.15) is 0 Å². The number of hydrogen-bond donors (Lipinski definition) is 1. The van der Waals surface area contributed by atoms with Gasteiger partial charge in [0.15, 0.2) is 0 Å². The van der Waals surface area contributed by atoms with Crippen LogP contribution in [0.3, 0.4) is 0 Å². The van der Waals surface area contributed by atoms with Crippen molar-refractivity contribution in [1.29, 1.82) is 0 Å². The predicted octanol–water partition coefficient (Wildman–Crippen LogP) is 3.51. The maximum atomic E-state index is 6.18. The molecule has 0 aromatic heterocycles. The molecule has 1 aliphatic rings. The van der Waals surface area contributed by atoms with Crippen molar-refractivity contribution in [2.45, 2.75) is 65.8 Å². The smallest absolute Gasteiger partial charge is 0.0331 e. The molecule has 0 aliphatic carbocycles. The molecular formula is C16H34N2. The number of nitrogens with two attached hydrogens (primary N) is 1. The number of nitrogens with zero attached hydrogens (tertiary/aromatic N) is 1. The largest absolute Gasteiger partial charge is 0.329 e. The van der Waals surface area contributed by atoms with Crippen LogP contribution in [0.5, 0.6) is 0 Å². The van der Waals surface area contributed by atoms with Crippen molar-refractivity contribution in [2.24, 2.45) is 23.5 Å². The highest BCUT2D eigenvalue weighted by Gasteiger charge is 2.39. The zero-order valence-corrected chi connectivity index (χ0v) is 13.2. The van der Waals surface area contributed by atoms with E-state index in [1.54, 1.807) is 0 Å². The number of likely N-dealkylation sites (tertiary alicyclic amines) is 1. The maximum Gasteiger partial charge on any atom is 0.0331 e. The summed E-state index contributed by atoms with van der Waals surface area (Å²) in [5, 5.41) is 0. The van der Waals surface area contributed by atoms with Crippen LogP contribution in [0.2, 0.25) is 0 Å². The van der Waals surface area contributed by atoms with Gasteiger partial charge in [-0.25, -0.2) is 0 Å². The lowest BCUT2D eigenvalue weighted by Crippen LogP contribution is -2.53. The van der Waals surface area contributed by atoms with Crippen LogP contribution < -0.4 is 5.73 Å². The molecule has 108 valence electrons. The average molecular weight is 254 g/mol. The van der Waals surface area contributed by atoms with E-state index in [0.717, 1.165) is 24.3 Å². The van der Waals surface area contributed by atoms with Gasteiger partial charge in [-0.2, -0.15) is 0 Å². The Morgan fingerprint density at radius 1 is 1.28 bits per heavy atom. The van der Waals surface area contributed by atoms with E-state index in [2.05, 4.69) is 39.5 Å². The molecule has 2 N–H and O–H groups in total. The summed E-state index contributed by atoms with van der Waals surface area (Å²) in [7, 11) is 0. The summed E-state index contributed by atoms with van der Waals surface area (Å²) in [5.41, 5.74) is 6.44. The molecule has 0 spiro atoms. The molecular weight excluding hydrogens is 220 g/mol. The minimum atomic E-state index is 0.263. The van der Waals surface area contributed by atoms with E-state index in [0.29, 0.717) is 0 Å². The van der Waals surface area contributed by atoms with E-state index < -0.39 is 0 Å². The molecule has 1 aliphatic heterocycles. The molecule has 2 heteroatoms. The third-order valence-electron chi connectivity index (χ3n) is 5.30. The quantitative estimate of drug-likeness (QED) is 0.753. The first-order valence-corrected chi connectivity index (χ1v) is 7.94. The van der Waals surface area contributed by atoms with Gasteiger partial charge in [-0.05, 0) is 43.6 Å². The topological polar surface area (TPSA) is 29.3 Å². The first-order valence-electron chi connectivity index (χ1n) is 7.94. The summed E-state index contributed by atoms with van der Waals surface area (Å²) in [4.78, 5) is 2.71. The standard InChI is InChI=1S/C16H34N2/c1-6-14(5)10-16(7-2,12-17)18-9-8-15(11-18)13(3)4/h13-15H,6-12,17H2,1-5H3. The first-order chi connectivity index (χ1) is 8.49. The fourth-order valence-electron chi connectivity index (χ4n) is 3.41. The molecule has 1 heterocycles. The second kappa shape index (κ2) is 6.91. The second-order valence-corrected chi connectivity index (χ2v) is 6.74. The van der Waals surface area contributed by atoms with Gasteiger partial charge in [0.2, 0.25) is 0 Å². The molecule has 0 bridgehead atoms. The molecule has 1 rings (SSSR count). The van der Waals surface area contributed by atoms with E-state index >= 15 is 0 Å². The van der Waals surface area contributed by atoms with E-state index in [1.165, 1.54) is 38.8 Å². The molecule has 0 saturated carbocycles. The Hall–Kier alpha value is -0.0800. The van der Waals surface area contributed by atoms with E-state index in [-0.39, 0.29) is 5.54 Å². The molecule has 0 amide bonds. The third kappa shape index (κ3) is 3.48. The Balaban J connectivity index is 2.73. The zero-order chi connectivity index (χ0) is 13.8. The van der Waals surface area contributed by atoms with Gasteiger partial charge in [0.05, 0.1) is 0 Å². The Morgan fingerprint density at radius 2 is 1.94 bits per heavy atom. The van der Waals surface area contributed by atoms with Crippen molar-refractivity contribution >= 4 is 0 Å². The van der Waals surface area contributed by atoms with Crippen molar-refractivity contribution in [3.8, 4) is 0 Å². The molecule has 18 heavy (non-hydrogen) atoms. The molecule has 0 aromatic carbocycles. The highest BCUT2D eigenvalue weighted by Crippen LogP contribution is 2.35. The Kier molecular flexibility index (Phi) is 6.13. The molecule has 2 nitrogen and oxygen atoms in total. The highest BCUT2D eigenvalue weighted by molar-refractivity contribution is 4.96. The van der Waals surface area contributed by atoms with Gasteiger partial charge in [-0.1, -0.05) is 41.0 Å². The van der Waals surface area contributed by atoms with Crippen LogP contribution in [0.4, 0.5) is 0 Å². The Labute approximate surface area is 114 Å². The second-order valence-electron chi connectivity index (χ2n) is 6.74. The lowest BCUT2D eigenvalue weighted by molar-refractivity contribution is 0.0842. The van der Waals surface area contributed by atoms with Crippen molar-refractivity contribution < 1.29 is 0 Å². The Bertz CT molecular complexity index is 233. The average Bonchev–Trinajstić information content (AvgIpc) is 2.86. The number of rotatable bonds is 7. The normalized spacial score (nSPS) is 26.5. The molecule has 1 saturated heterocycles. The summed E-state index contributed by atoms with van der Waals surface area (Å²) < 4.78 is 0. The summed E-state index contributed by atoms with van der Waals surface area (Å²) >= 11 is 0. The zero-order valence-electron chi connectivity index (χ0n) is 13.2. The Morgan fingerprint density at radius 3 is 2.33 bits per heavy atom. The van der Waals surface area contributed by atoms with Crippen LogP contribution in [0.1, 0.15) is 60.3 Å². The molecule has 3 unspecified atom stereocenters. The third-order valence-corrected chi connectivity index (χ3v) is 5.30. The van der Waals surface area contributed by atoms with Gasteiger partial charge in [-0.3, -0.25) is 4.90 Å². The van der Waals surface area contributed by atoms with Crippen molar-refractivity contribution in [3.05, 3.63) is 0 Å². The van der Waals surface area contributed by atoms with Gasteiger partial charge >= 0.3 is 0 Å². The first kappa shape index (κ1) is 16.0. The van der Waals surface area contributed by atoms with Gasteiger partial charge < -0.3 is 5.73 Å². The molecule has 0 radical (unpaired) electrons. The fraction of sp³-hybridized carbons (Fsp3) is 1.00. The monoisotopic (exact) mass is 254 g/mol. The summed E-state index contributed by atoms with van der Waals surface area (Å²) in [6.45, 7) is 15.0. The molecule has 1 fully saturated rings. The van der Waals surface area contributed by atoms with Crippen LogP contribution in [0.15, 0.2) is 0 Å². The van der Waals surface area contributed by atoms with E-state index in [9.17, 15) is 0 Å². The lowest BCUT2D eigenvalue weighted by Gasteiger charge is -2.42. The van der Waals surface area contributed by atoms with Crippen LogP contribution in [0, 0.1) is 17.8 Å². The highest BCUT2D eigenvalue weighted by atomic mass is 15.2. The molecule has 3 atom stereocenters. The van der Waals surface area contributed by atoms with Crippen LogP contribution in [0.25, 0.3) is 0 Å². The maximum absolute atomic E-state index is 6.18. The minimum absolute atomic E-state index is 0.263. The van der Waals surface area contributed by atoms with E-state index in [1.807, 2.05) is 0 Å². The van der Waals surface area contributed by atoms with Crippen molar-refractivity contribution in [1.82, 2.24) is 4.90 Å². The molecule has 0 aromatic rings. The predicted molar refractivity (Wildman–Crippen MR) is 80.7 cm³/mol. The van der Waals surface area contributed by atoms with Crippen LogP contribution in [-0.2, 0) is 0 Å². The van der Waals surface area contributed by atoms with Crippen molar-refractivity contribution in [3.63, 3.8) is 0 Å². The lowest BCUT2D eigenvalue weighted by atomic mass is 9.83. The van der Waals surface area contributed by atoms with Crippen LogP contribution >= 0.6 is 0 Å². The summed E-state index contributed by atoms with van der Waals surface area (Å²) in [5.74, 6) is 2.47.